The summed E-state index contributed by atoms with van der Waals surface area (Å²) in [5, 5.41) is 11.9. The van der Waals surface area contributed by atoms with E-state index in [1.165, 1.54) is 0 Å². The van der Waals surface area contributed by atoms with Crippen LogP contribution in [0.3, 0.4) is 0 Å². The second-order valence-corrected chi connectivity index (χ2v) is 7.82. The van der Waals surface area contributed by atoms with E-state index >= 15 is 0 Å². The molecule has 2 N–H and O–H groups in total. The van der Waals surface area contributed by atoms with Gasteiger partial charge in [0.05, 0.1) is 0 Å². The fraction of sp³-hybridized carbons (Fsp3) is 0.391. The van der Waals surface area contributed by atoms with E-state index in [9.17, 15) is 14.7 Å². The number of fused-ring (bicyclic) bond motifs is 3. The lowest BCUT2D eigenvalue weighted by atomic mass is 9.91. The number of amides is 1. The molecule has 0 saturated carbocycles. The van der Waals surface area contributed by atoms with E-state index in [0.29, 0.717) is 12.3 Å². The average Bonchev–Trinajstić information content (AvgIpc) is 2.99. The zero-order chi connectivity index (χ0) is 20.3. The van der Waals surface area contributed by atoms with Crippen molar-refractivity contribution in [2.24, 2.45) is 11.8 Å². The number of carboxylic acids is 1. The van der Waals surface area contributed by atoms with Crippen LogP contribution in [0.25, 0.3) is 11.1 Å². The molecule has 28 heavy (non-hydrogen) atoms. The minimum absolute atomic E-state index is 0.0454. The normalized spacial score (nSPS) is 14.9. The summed E-state index contributed by atoms with van der Waals surface area (Å²) in [5.41, 5.74) is 4.56. The first-order chi connectivity index (χ1) is 13.4. The van der Waals surface area contributed by atoms with E-state index in [4.69, 9.17) is 4.74 Å². The predicted octanol–water partition coefficient (Wildman–Crippen LogP) is 4.66. The maximum Gasteiger partial charge on any atom is 0.407 e. The fourth-order valence-corrected chi connectivity index (χ4v) is 3.65. The van der Waals surface area contributed by atoms with Crippen molar-refractivity contribution < 1.29 is 19.4 Å². The standard InChI is InChI=1S/C23H27NO4/c1-14(2)15(3)12-21(22(25)26)24-23(27)28-13-20-18-10-6-4-8-16(18)17-9-5-7-11-19(17)20/h4-11,14-15,20-21H,12-13H2,1-3H3,(H,24,27)(H,25,26)/t15-,21-/m0/s1. The van der Waals surface area contributed by atoms with Crippen LogP contribution >= 0.6 is 0 Å². The van der Waals surface area contributed by atoms with Crippen LogP contribution in [0.15, 0.2) is 48.5 Å². The topological polar surface area (TPSA) is 75.6 Å². The van der Waals surface area contributed by atoms with Gasteiger partial charge in [0.1, 0.15) is 12.6 Å². The monoisotopic (exact) mass is 381 g/mol. The third-order valence-electron chi connectivity index (χ3n) is 5.68. The molecule has 1 aliphatic rings. The Morgan fingerprint density at radius 3 is 2.04 bits per heavy atom. The molecule has 5 heteroatoms. The lowest BCUT2D eigenvalue weighted by molar-refractivity contribution is -0.139. The quantitative estimate of drug-likeness (QED) is 0.731. The Labute approximate surface area is 165 Å². The summed E-state index contributed by atoms with van der Waals surface area (Å²) < 4.78 is 5.45. The van der Waals surface area contributed by atoms with E-state index in [0.717, 1.165) is 22.3 Å². The smallest absolute Gasteiger partial charge is 0.407 e. The minimum atomic E-state index is -1.04. The molecule has 1 aliphatic carbocycles. The van der Waals surface area contributed by atoms with Crippen molar-refractivity contribution in [3.63, 3.8) is 0 Å². The van der Waals surface area contributed by atoms with Crippen LogP contribution in [-0.4, -0.2) is 29.8 Å². The molecule has 0 saturated heterocycles. The number of rotatable bonds is 7. The van der Waals surface area contributed by atoms with Crippen LogP contribution in [0.4, 0.5) is 4.79 Å². The number of carbonyl (C=O) groups excluding carboxylic acids is 1. The summed E-state index contributed by atoms with van der Waals surface area (Å²) in [4.78, 5) is 23.8. The Morgan fingerprint density at radius 2 is 1.54 bits per heavy atom. The van der Waals surface area contributed by atoms with E-state index in [-0.39, 0.29) is 18.4 Å². The highest BCUT2D eigenvalue weighted by atomic mass is 16.5. The summed E-state index contributed by atoms with van der Waals surface area (Å²) in [7, 11) is 0. The van der Waals surface area contributed by atoms with Gasteiger partial charge in [0.2, 0.25) is 0 Å². The van der Waals surface area contributed by atoms with Gasteiger partial charge in [-0.1, -0.05) is 69.3 Å². The van der Waals surface area contributed by atoms with Gasteiger partial charge in [-0.3, -0.25) is 0 Å². The molecule has 2 atom stereocenters. The molecule has 2 aromatic carbocycles. The Morgan fingerprint density at radius 1 is 1.00 bits per heavy atom. The molecule has 0 aromatic heterocycles. The molecule has 5 nitrogen and oxygen atoms in total. The molecule has 0 spiro atoms. The zero-order valence-corrected chi connectivity index (χ0v) is 16.5. The molecular formula is C23H27NO4. The molecule has 0 fully saturated rings. The molecule has 0 aliphatic heterocycles. The number of carboxylic acid groups (broad SMARTS) is 1. The van der Waals surface area contributed by atoms with Gasteiger partial charge in [0.25, 0.3) is 0 Å². The second kappa shape index (κ2) is 8.46. The molecule has 2 aromatic rings. The first-order valence-corrected chi connectivity index (χ1v) is 9.72. The largest absolute Gasteiger partial charge is 0.480 e. The summed E-state index contributed by atoms with van der Waals surface area (Å²) >= 11 is 0. The maximum absolute atomic E-state index is 12.3. The van der Waals surface area contributed by atoms with E-state index in [1.807, 2.05) is 57.2 Å². The van der Waals surface area contributed by atoms with Crippen molar-refractivity contribution in [2.45, 2.75) is 39.2 Å². The number of ether oxygens (including phenoxy) is 1. The molecule has 3 rings (SSSR count). The van der Waals surface area contributed by atoms with Crippen LogP contribution < -0.4 is 5.32 Å². The molecule has 148 valence electrons. The first kappa shape index (κ1) is 19.9. The van der Waals surface area contributed by atoms with Gasteiger partial charge in [-0.05, 0) is 40.5 Å². The maximum atomic E-state index is 12.3. The van der Waals surface area contributed by atoms with E-state index in [2.05, 4.69) is 17.4 Å². The van der Waals surface area contributed by atoms with Crippen molar-refractivity contribution in [2.75, 3.05) is 6.61 Å². The highest BCUT2D eigenvalue weighted by molar-refractivity contribution is 5.81. The molecule has 0 radical (unpaired) electrons. The second-order valence-electron chi connectivity index (χ2n) is 7.82. The Bertz CT molecular complexity index is 816. The molecule has 0 bridgehead atoms. The molecule has 0 unspecified atom stereocenters. The number of benzene rings is 2. The number of hydrogen-bond donors (Lipinski definition) is 2. The summed E-state index contributed by atoms with van der Waals surface area (Å²) in [6, 6.07) is 15.2. The lowest BCUT2D eigenvalue weighted by Gasteiger charge is -2.21. The van der Waals surface area contributed by atoms with Crippen LogP contribution in [0.1, 0.15) is 44.2 Å². The summed E-state index contributed by atoms with van der Waals surface area (Å²) in [5.74, 6) is -0.571. The molecule has 0 heterocycles. The van der Waals surface area contributed by atoms with E-state index in [1.54, 1.807) is 0 Å². The minimum Gasteiger partial charge on any atom is -0.480 e. The third-order valence-corrected chi connectivity index (χ3v) is 5.68. The van der Waals surface area contributed by atoms with Crippen molar-refractivity contribution >= 4 is 12.1 Å². The highest BCUT2D eigenvalue weighted by Gasteiger charge is 2.30. The SMILES string of the molecule is CC(C)[C@@H](C)C[C@H](NC(=O)OCC1c2ccccc2-c2ccccc21)C(=O)O. The van der Waals surface area contributed by atoms with Crippen molar-refractivity contribution in [3.05, 3.63) is 59.7 Å². The van der Waals surface area contributed by atoms with Crippen molar-refractivity contribution in [1.82, 2.24) is 5.32 Å². The number of nitrogens with one attached hydrogen (secondary N) is 1. The van der Waals surface area contributed by atoms with Gasteiger partial charge in [-0.25, -0.2) is 9.59 Å². The number of hydrogen-bond acceptors (Lipinski definition) is 3. The Balaban J connectivity index is 1.67. The molecular weight excluding hydrogens is 354 g/mol. The predicted molar refractivity (Wildman–Crippen MR) is 108 cm³/mol. The highest BCUT2D eigenvalue weighted by Crippen LogP contribution is 2.44. The van der Waals surface area contributed by atoms with Gasteiger partial charge in [-0.2, -0.15) is 0 Å². The number of carbonyl (C=O) groups is 2. The van der Waals surface area contributed by atoms with Crippen molar-refractivity contribution in [1.29, 1.82) is 0 Å². The number of aliphatic carboxylic acids is 1. The van der Waals surface area contributed by atoms with Gasteiger partial charge >= 0.3 is 12.1 Å². The summed E-state index contributed by atoms with van der Waals surface area (Å²) in [6.07, 6.45) is -0.317. The van der Waals surface area contributed by atoms with Crippen LogP contribution in [0.5, 0.6) is 0 Å². The average molecular weight is 381 g/mol. The Hall–Kier alpha value is -2.82. The van der Waals surface area contributed by atoms with Crippen LogP contribution in [-0.2, 0) is 9.53 Å². The van der Waals surface area contributed by atoms with Gasteiger partial charge in [0.15, 0.2) is 0 Å². The third kappa shape index (κ3) is 4.19. The van der Waals surface area contributed by atoms with Crippen LogP contribution in [0.2, 0.25) is 0 Å². The lowest BCUT2D eigenvalue weighted by Crippen LogP contribution is -2.42. The molecule has 1 amide bonds. The number of alkyl carbamates (subject to hydrolysis) is 1. The summed E-state index contributed by atoms with van der Waals surface area (Å²) in [6.45, 7) is 6.24. The van der Waals surface area contributed by atoms with Gasteiger partial charge in [0, 0.05) is 5.92 Å². The van der Waals surface area contributed by atoms with Gasteiger partial charge in [-0.15, -0.1) is 0 Å². The van der Waals surface area contributed by atoms with Crippen molar-refractivity contribution in [3.8, 4) is 11.1 Å². The Kier molecular flexibility index (Phi) is 6.02. The zero-order valence-electron chi connectivity index (χ0n) is 16.5. The first-order valence-electron chi connectivity index (χ1n) is 9.72. The van der Waals surface area contributed by atoms with Crippen LogP contribution in [0, 0.1) is 11.8 Å². The van der Waals surface area contributed by atoms with E-state index < -0.39 is 18.1 Å². The fourth-order valence-electron chi connectivity index (χ4n) is 3.65. The van der Waals surface area contributed by atoms with Gasteiger partial charge < -0.3 is 15.2 Å².